The van der Waals surface area contributed by atoms with Crippen LogP contribution in [0.4, 0.5) is 0 Å². The summed E-state index contributed by atoms with van der Waals surface area (Å²) in [5.41, 5.74) is 2.13. The first-order chi connectivity index (χ1) is 9.65. The SMILES string of the molecule is C=C[C@@H](c1ccc(O)cc1)[C@@H](C=C)c1ccc(O)cc1. The van der Waals surface area contributed by atoms with Crippen molar-refractivity contribution in [2.75, 3.05) is 0 Å². The van der Waals surface area contributed by atoms with Gasteiger partial charge in [-0.3, -0.25) is 0 Å². The zero-order valence-electron chi connectivity index (χ0n) is 11.2. The molecule has 0 aromatic heterocycles. The number of allylic oxidation sites excluding steroid dienone is 2. The number of benzene rings is 2. The largest absolute Gasteiger partial charge is 0.508 e. The third-order valence-electron chi connectivity index (χ3n) is 3.45. The molecule has 0 unspecified atom stereocenters. The van der Waals surface area contributed by atoms with Crippen molar-refractivity contribution in [1.82, 2.24) is 0 Å². The maximum Gasteiger partial charge on any atom is 0.115 e. The van der Waals surface area contributed by atoms with Crippen molar-refractivity contribution in [3.63, 3.8) is 0 Å². The van der Waals surface area contributed by atoms with Crippen molar-refractivity contribution in [3.05, 3.63) is 85.0 Å². The van der Waals surface area contributed by atoms with Crippen LogP contribution in [0.5, 0.6) is 11.5 Å². The van der Waals surface area contributed by atoms with E-state index in [1.807, 2.05) is 36.4 Å². The summed E-state index contributed by atoms with van der Waals surface area (Å²) in [5.74, 6) is 0.628. The summed E-state index contributed by atoms with van der Waals surface area (Å²) in [6.45, 7) is 7.82. The van der Waals surface area contributed by atoms with Crippen molar-refractivity contribution in [3.8, 4) is 11.5 Å². The summed E-state index contributed by atoms with van der Waals surface area (Å²) >= 11 is 0. The van der Waals surface area contributed by atoms with E-state index in [0.717, 1.165) is 11.1 Å². The third kappa shape index (κ3) is 2.91. The van der Waals surface area contributed by atoms with Gasteiger partial charge in [0.05, 0.1) is 0 Å². The number of aromatic hydroxyl groups is 2. The van der Waals surface area contributed by atoms with Gasteiger partial charge in [0.2, 0.25) is 0 Å². The van der Waals surface area contributed by atoms with Crippen LogP contribution < -0.4 is 0 Å². The topological polar surface area (TPSA) is 40.5 Å². The average Bonchev–Trinajstić information content (AvgIpc) is 2.47. The lowest BCUT2D eigenvalue weighted by Crippen LogP contribution is -2.06. The lowest BCUT2D eigenvalue weighted by atomic mass is 9.81. The van der Waals surface area contributed by atoms with Crippen LogP contribution >= 0.6 is 0 Å². The van der Waals surface area contributed by atoms with Crippen LogP contribution in [0.25, 0.3) is 0 Å². The van der Waals surface area contributed by atoms with E-state index in [1.165, 1.54) is 0 Å². The van der Waals surface area contributed by atoms with Crippen molar-refractivity contribution in [1.29, 1.82) is 0 Å². The molecular weight excluding hydrogens is 248 g/mol. The Bertz CT molecular complexity index is 526. The van der Waals surface area contributed by atoms with Gasteiger partial charge in [-0.15, -0.1) is 13.2 Å². The van der Waals surface area contributed by atoms with E-state index in [-0.39, 0.29) is 23.3 Å². The maximum absolute atomic E-state index is 9.38. The molecule has 2 nitrogen and oxygen atoms in total. The molecule has 2 aromatic carbocycles. The minimum atomic E-state index is 0.0673. The molecule has 20 heavy (non-hydrogen) atoms. The highest BCUT2D eigenvalue weighted by molar-refractivity contribution is 5.38. The van der Waals surface area contributed by atoms with E-state index in [2.05, 4.69) is 13.2 Å². The lowest BCUT2D eigenvalue weighted by molar-refractivity contribution is 0.474. The Balaban J connectivity index is 2.37. The molecule has 0 heterocycles. The molecule has 0 fully saturated rings. The van der Waals surface area contributed by atoms with Crippen LogP contribution in [0, 0.1) is 0 Å². The zero-order chi connectivity index (χ0) is 14.5. The standard InChI is InChI=1S/C18H18O2/c1-3-17(13-5-9-15(19)10-6-13)18(4-2)14-7-11-16(20)12-8-14/h3-12,17-20H,1-2H2/t17-,18-/m0/s1. The first-order valence-electron chi connectivity index (χ1n) is 6.48. The molecule has 0 aliphatic carbocycles. The van der Waals surface area contributed by atoms with Crippen LogP contribution in [0.1, 0.15) is 23.0 Å². The minimum Gasteiger partial charge on any atom is -0.508 e. The van der Waals surface area contributed by atoms with Gasteiger partial charge < -0.3 is 10.2 Å². The Morgan fingerprint density at radius 3 is 1.20 bits per heavy atom. The van der Waals surface area contributed by atoms with E-state index in [9.17, 15) is 10.2 Å². The van der Waals surface area contributed by atoms with Gasteiger partial charge in [0.25, 0.3) is 0 Å². The van der Waals surface area contributed by atoms with Gasteiger partial charge in [0.15, 0.2) is 0 Å². The summed E-state index contributed by atoms with van der Waals surface area (Å²) in [6.07, 6.45) is 3.76. The van der Waals surface area contributed by atoms with Crippen LogP contribution in [0.2, 0.25) is 0 Å². The Morgan fingerprint density at radius 1 is 0.650 bits per heavy atom. The molecule has 0 amide bonds. The predicted octanol–water partition coefficient (Wildman–Crippen LogP) is 4.34. The summed E-state index contributed by atoms with van der Waals surface area (Å²) in [6, 6.07) is 14.2. The molecule has 2 atom stereocenters. The Morgan fingerprint density at radius 2 is 0.950 bits per heavy atom. The molecule has 2 heteroatoms. The molecule has 0 bridgehead atoms. The van der Waals surface area contributed by atoms with E-state index in [4.69, 9.17) is 0 Å². The first kappa shape index (κ1) is 13.9. The van der Waals surface area contributed by atoms with Crippen molar-refractivity contribution >= 4 is 0 Å². The van der Waals surface area contributed by atoms with Crippen molar-refractivity contribution in [2.45, 2.75) is 11.8 Å². The fourth-order valence-corrected chi connectivity index (χ4v) is 2.37. The fourth-order valence-electron chi connectivity index (χ4n) is 2.37. The third-order valence-corrected chi connectivity index (χ3v) is 3.45. The predicted molar refractivity (Wildman–Crippen MR) is 82.1 cm³/mol. The highest BCUT2D eigenvalue weighted by atomic mass is 16.3. The molecule has 0 aliphatic heterocycles. The lowest BCUT2D eigenvalue weighted by Gasteiger charge is -2.22. The van der Waals surface area contributed by atoms with Gasteiger partial charge >= 0.3 is 0 Å². The molecule has 0 spiro atoms. The molecular formula is C18H18O2. The smallest absolute Gasteiger partial charge is 0.115 e. The van der Waals surface area contributed by atoms with Crippen molar-refractivity contribution < 1.29 is 10.2 Å². The monoisotopic (exact) mass is 266 g/mol. The fraction of sp³-hybridized carbons (Fsp3) is 0.111. The summed E-state index contributed by atoms with van der Waals surface area (Å²) < 4.78 is 0. The second kappa shape index (κ2) is 6.11. The van der Waals surface area contributed by atoms with Gasteiger partial charge in [-0.1, -0.05) is 36.4 Å². The van der Waals surface area contributed by atoms with E-state index in [1.54, 1.807) is 24.3 Å². The zero-order valence-corrected chi connectivity index (χ0v) is 11.2. The average molecular weight is 266 g/mol. The van der Waals surface area contributed by atoms with Crippen LogP contribution in [-0.4, -0.2) is 10.2 Å². The highest BCUT2D eigenvalue weighted by Gasteiger charge is 2.19. The Hall–Kier alpha value is -2.48. The number of rotatable bonds is 5. The molecule has 2 aromatic rings. The molecule has 2 rings (SSSR count). The van der Waals surface area contributed by atoms with E-state index in [0.29, 0.717) is 0 Å². The molecule has 0 saturated carbocycles. The summed E-state index contributed by atoms with van der Waals surface area (Å²) in [5, 5.41) is 18.8. The summed E-state index contributed by atoms with van der Waals surface area (Å²) in [4.78, 5) is 0. The van der Waals surface area contributed by atoms with Gasteiger partial charge in [-0.05, 0) is 35.4 Å². The molecule has 0 saturated heterocycles. The van der Waals surface area contributed by atoms with Gasteiger partial charge in [0, 0.05) is 11.8 Å². The number of phenolic OH excluding ortho intramolecular Hbond substituents is 2. The quantitative estimate of drug-likeness (QED) is 0.790. The molecule has 2 N–H and O–H groups in total. The Kier molecular flexibility index (Phi) is 4.26. The Labute approximate surface area is 119 Å². The van der Waals surface area contributed by atoms with Crippen LogP contribution in [-0.2, 0) is 0 Å². The second-order valence-electron chi connectivity index (χ2n) is 4.71. The number of hydrogen-bond acceptors (Lipinski definition) is 2. The summed E-state index contributed by atoms with van der Waals surface area (Å²) in [7, 11) is 0. The van der Waals surface area contributed by atoms with Crippen molar-refractivity contribution in [2.24, 2.45) is 0 Å². The molecule has 0 radical (unpaired) electrons. The van der Waals surface area contributed by atoms with Gasteiger partial charge in [0.1, 0.15) is 11.5 Å². The van der Waals surface area contributed by atoms with Gasteiger partial charge in [-0.25, -0.2) is 0 Å². The first-order valence-corrected chi connectivity index (χ1v) is 6.48. The normalized spacial score (nSPS) is 13.4. The molecule has 102 valence electrons. The van der Waals surface area contributed by atoms with Crippen LogP contribution in [0.15, 0.2) is 73.8 Å². The molecule has 0 aliphatic rings. The minimum absolute atomic E-state index is 0.0673. The maximum atomic E-state index is 9.38. The number of hydrogen-bond donors (Lipinski definition) is 2. The van der Waals surface area contributed by atoms with E-state index < -0.39 is 0 Å². The highest BCUT2D eigenvalue weighted by Crippen LogP contribution is 2.35. The second-order valence-corrected chi connectivity index (χ2v) is 4.71. The number of phenols is 2. The van der Waals surface area contributed by atoms with Gasteiger partial charge in [-0.2, -0.15) is 0 Å². The van der Waals surface area contributed by atoms with E-state index >= 15 is 0 Å². The van der Waals surface area contributed by atoms with Crippen LogP contribution in [0.3, 0.4) is 0 Å².